The number of hydrogen-bond acceptors (Lipinski definition) is 2. The van der Waals surface area contributed by atoms with Crippen LogP contribution >= 0.6 is 0 Å². The molecule has 0 radical (unpaired) electrons. The number of carboxylic acid groups (broad SMARTS) is 1. The maximum Gasteiger partial charge on any atom is 0.303 e. The smallest absolute Gasteiger partial charge is 0.303 e. The Hall–Kier alpha value is -0.860. The molecule has 0 heterocycles. The summed E-state index contributed by atoms with van der Waals surface area (Å²) >= 11 is 0. The van der Waals surface area contributed by atoms with Crippen LogP contribution in [-0.2, 0) is 9.59 Å². The summed E-state index contributed by atoms with van der Waals surface area (Å²) in [5, 5.41) is 9.09. The topological polar surface area (TPSA) is 54.4 Å². The Kier molecular flexibility index (Phi) is 4.96. The Morgan fingerprint density at radius 2 is 1.81 bits per heavy atom. The van der Waals surface area contributed by atoms with Gasteiger partial charge in [-0.05, 0) is 97.7 Å². The van der Waals surface area contributed by atoms with Crippen molar-refractivity contribution in [1.29, 1.82) is 0 Å². The van der Waals surface area contributed by atoms with Gasteiger partial charge >= 0.3 is 5.97 Å². The second-order valence-corrected chi connectivity index (χ2v) is 11.0. The van der Waals surface area contributed by atoms with E-state index in [0.717, 1.165) is 43.4 Å². The van der Waals surface area contributed by atoms with Gasteiger partial charge < -0.3 is 5.11 Å². The van der Waals surface area contributed by atoms with E-state index >= 15 is 0 Å². The Bertz CT molecular complexity index is 613. The second kappa shape index (κ2) is 6.88. The van der Waals surface area contributed by atoms with Crippen molar-refractivity contribution in [3.63, 3.8) is 0 Å². The number of carbonyl (C=O) groups excluding carboxylic acids is 1. The number of Topliss-reactive ketones (excluding diaryl/α,β-unsaturated/α-hetero) is 1. The number of carbonyl (C=O) groups is 2. The quantitative estimate of drug-likeness (QED) is 0.685. The number of hydrogen-bond donors (Lipinski definition) is 1. The minimum Gasteiger partial charge on any atom is -0.481 e. The fraction of sp³-hybridized carbons (Fsp3) is 0.917. The first kappa shape index (κ1) is 19.5. The van der Waals surface area contributed by atoms with E-state index in [1.165, 1.54) is 38.5 Å². The standard InChI is InChI=1S/C24H38O3/c1-15(4-9-22(26)27)19-7-8-20-18-6-5-16-14-17(25)10-12-23(16,2)21(18)11-13-24(19,20)3/h15-16,18-21H,4-14H2,1-3H3,(H,26,27)/t15?,16-,18?,19?,20?,21?,23?,24?/m1/s1. The molecule has 0 bridgehead atoms. The van der Waals surface area contributed by atoms with E-state index in [0.29, 0.717) is 40.8 Å². The van der Waals surface area contributed by atoms with Crippen LogP contribution in [-0.4, -0.2) is 16.9 Å². The van der Waals surface area contributed by atoms with E-state index in [4.69, 9.17) is 5.11 Å². The summed E-state index contributed by atoms with van der Waals surface area (Å²) in [6.45, 7) is 7.37. The molecule has 0 aromatic rings. The zero-order valence-electron chi connectivity index (χ0n) is 17.5. The van der Waals surface area contributed by atoms with Crippen molar-refractivity contribution < 1.29 is 14.7 Å². The molecule has 4 aliphatic rings. The molecule has 152 valence electrons. The highest BCUT2D eigenvalue weighted by Crippen LogP contribution is 2.68. The van der Waals surface area contributed by atoms with Crippen LogP contribution in [0.2, 0.25) is 0 Å². The number of rotatable bonds is 4. The molecule has 7 unspecified atom stereocenters. The van der Waals surface area contributed by atoms with Gasteiger partial charge in [0.2, 0.25) is 0 Å². The van der Waals surface area contributed by atoms with E-state index in [2.05, 4.69) is 20.8 Å². The highest BCUT2D eigenvalue weighted by molar-refractivity contribution is 5.79. The van der Waals surface area contributed by atoms with E-state index in [9.17, 15) is 9.59 Å². The van der Waals surface area contributed by atoms with Gasteiger partial charge in [0.15, 0.2) is 0 Å². The Labute approximate surface area is 164 Å². The highest BCUT2D eigenvalue weighted by Gasteiger charge is 2.60. The minimum absolute atomic E-state index is 0.318. The van der Waals surface area contributed by atoms with Gasteiger partial charge in [0.05, 0.1) is 0 Å². The van der Waals surface area contributed by atoms with Gasteiger partial charge in [0, 0.05) is 19.3 Å². The summed E-state index contributed by atoms with van der Waals surface area (Å²) < 4.78 is 0. The van der Waals surface area contributed by atoms with Crippen LogP contribution in [0, 0.1) is 46.3 Å². The molecular formula is C24H38O3. The van der Waals surface area contributed by atoms with Crippen molar-refractivity contribution in [2.75, 3.05) is 0 Å². The van der Waals surface area contributed by atoms with Crippen LogP contribution in [0.5, 0.6) is 0 Å². The van der Waals surface area contributed by atoms with Crippen LogP contribution in [0.4, 0.5) is 0 Å². The van der Waals surface area contributed by atoms with E-state index in [1.54, 1.807) is 0 Å². The predicted octanol–water partition coefficient (Wildman–Crippen LogP) is 5.72. The molecule has 4 fully saturated rings. The third kappa shape index (κ3) is 3.08. The Morgan fingerprint density at radius 3 is 2.56 bits per heavy atom. The van der Waals surface area contributed by atoms with Gasteiger partial charge in [-0.2, -0.15) is 0 Å². The van der Waals surface area contributed by atoms with Gasteiger partial charge in [-0.1, -0.05) is 20.8 Å². The number of fused-ring (bicyclic) bond motifs is 5. The minimum atomic E-state index is -0.650. The summed E-state index contributed by atoms with van der Waals surface area (Å²) in [5.74, 6) is 4.19. The molecule has 4 aliphatic carbocycles. The molecule has 0 spiro atoms. The first-order valence-electron chi connectivity index (χ1n) is 11.5. The SMILES string of the molecule is CC(CCC(=O)O)C1CCC2C3CC[C@@H]4CC(=O)CCC4(C)C3CCC12C. The maximum atomic E-state index is 12.0. The van der Waals surface area contributed by atoms with E-state index in [1.807, 2.05) is 0 Å². The molecular weight excluding hydrogens is 336 g/mol. The molecule has 4 saturated carbocycles. The molecule has 0 aromatic heterocycles. The van der Waals surface area contributed by atoms with Crippen molar-refractivity contribution in [3.05, 3.63) is 0 Å². The second-order valence-electron chi connectivity index (χ2n) is 11.0. The first-order chi connectivity index (χ1) is 12.8. The van der Waals surface area contributed by atoms with Crippen molar-refractivity contribution >= 4 is 11.8 Å². The van der Waals surface area contributed by atoms with Gasteiger partial charge in [0.25, 0.3) is 0 Å². The van der Waals surface area contributed by atoms with Crippen LogP contribution < -0.4 is 0 Å². The summed E-state index contributed by atoms with van der Waals surface area (Å²) in [6, 6.07) is 0. The lowest BCUT2D eigenvalue weighted by atomic mass is 9.44. The lowest BCUT2D eigenvalue weighted by molar-refractivity contribution is -0.140. The summed E-state index contributed by atoms with van der Waals surface area (Å²) in [6.07, 6.45) is 11.8. The van der Waals surface area contributed by atoms with E-state index in [-0.39, 0.29) is 0 Å². The fourth-order valence-corrected chi connectivity index (χ4v) is 8.57. The largest absolute Gasteiger partial charge is 0.481 e. The van der Waals surface area contributed by atoms with Crippen LogP contribution in [0.1, 0.15) is 91.4 Å². The van der Waals surface area contributed by atoms with Crippen LogP contribution in [0.3, 0.4) is 0 Å². The number of carboxylic acids is 1. The summed E-state index contributed by atoms with van der Waals surface area (Å²) in [5.41, 5.74) is 0.804. The molecule has 8 atom stereocenters. The first-order valence-corrected chi connectivity index (χ1v) is 11.5. The number of aliphatic carboxylic acids is 1. The van der Waals surface area contributed by atoms with Gasteiger partial charge in [-0.25, -0.2) is 0 Å². The third-order valence-corrected chi connectivity index (χ3v) is 10.1. The Balaban J connectivity index is 1.52. The molecule has 0 aliphatic heterocycles. The van der Waals surface area contributed by atoms with Gasteiger partial charge in [-0.3, -0.25) is 9.59 Å². The van der Waals surface area contributed by atoms with Crippen molar-refractivity contribution in [3.8, 4) is 0 Å². The zero-order valence-corrected chi connectivity index (χ0v) is 17.5. The van der Waals surface area contributed by atoms with Crippen molar-refractivity contribution in [2.45, 2.75) is 91.4 Å². The summed E-state index contributed by atoms with van der Waals surface area (Å²) in [4.78, 5) is 23.1. The lowest BCUT2D eigenvalue weighted by Crippen LogP contribution is -2.53. The molecule has 0 amide bonds. The van der Waals surface area contributed by atoms with Crippen LogP contribution in [0.25, 0.3) is 0 Å². The van der Waals surface area contributed by atoms with Crippen molar-refractivity contribution in [1.82, 2.24) is 0 Å². The van der Waals surface area contributed by atoms with Crippen LogP contribution in [0.15, 0.2) is 0 Å². The molecule has 27 heavy (non-hydrogen) atoms. The highest BCUT2D eigenvalue weighted by atomic mass is 16.4. The Morgan fingerprint density at radius 1 is 1.07 bits per heavy atom. The third-order valence-electron chi connectivity index (χ3n) is 10.1. The lowest BCUT2D eigenvalue weighted by Gasteiger charge is -2.60. The molecule has 4 rings (SSSR count). The average molecular weight is 375 g/mol. The monoisotopic (exact) mass is 374 g/mol. The molecule has 3 heteroatoms. The molecule has 0 saturated heterocycles. The molecule has 3 nitrogen and oxygen atoms in total. The fourth-order valence-electron chi connectivity index (χ4n) is 8.57. The maximum absolute atomic E-state index is 12.0. The van der Waals surface area contributed by atoms with Gasteiger partial charge in [-0.15, -0.1) is 0 Å². The molecule has 1 N–H and O–H groups in total. The number of ketones is 1. The predicted molar refractivity (Wildman–Crippen MR) is 106 cm³/mol. The van der Waals surface area contributed by atoms with E-state index < -0.39 is 5.97 Å². The molecule has 0 aromatic carbocycles. The van der Waals surface area contributed by atoms with Gasteiger partial charge in [0.1, 0.15) is 5.78 Å². The van der Waals surface area contributed by atoms with Crippen molar-refractivity contribution in [2.24, 2.45) is 46.3 Å². The average Bonchev–Trinajstić information content (AvgIpc) is 2.97. The summed E-state index contributed by atoms with van der Waals surface area (Å²) in [7, 11) is 0. The zero-order chi connectivity index (χ0) is 19.4. The normalized spacial score (nSPS) is 47.7.